The Hall–Kier alpha value is -3.56. The highest BCUT2D eigenvalue weighted by Gasteiger charge is 2.34. The number of unbranched alkanes of at least 4 members (excludes halogenated alkanes) is 1. The van der Waals surface area contributed by atoms with Crippen molar-refractivity contribution in [1.29, 1.82) is 0 Å². The van der Waals surface area contributed by atoms with E-state index in [2.05, 4.69) is 10.6 Å². The lowest BCUT2D eigenvalue weighted by atomic mass is 9.91. The molecule has 43 heavy (non-hydrogen) atoms. The Labute approximate surface area is 261 Å². The molecule has 0 unspecified atom stereocenters. The van der Waals surface area contributed by atoms with Gasteiger partial charge in [0.15, 0.2) is 11.6 Å². The molecule has 0 saturated carbocycles. The zero-order valence-electron chi connectivity index (χ0n) is 23.9. The highest BCUT2D eigenvalue weighted by molar-refractivity contribution is 6.42. The Balaban J connectivity index is 1.44. The standard InChI is InChI=1S/C33H36Cl2N4O4/c34-26-14-13-25(19-27(26)35)38-33(43)28(12-6-7-17-36)37-20-31(41)29-18-23-10-4-5-11-24(23)21-39(29)32(42)16-15-30(40)22-8-2-1-3-9-22/h1-5,8-11,13-14,19,28-29,37H,6-7,12,15-18,20-21,36H2,(H,38,43)/t28-,29-/m0/s1. The summed E-state index contributed by atoms with van der Waals surface area (Å²) in [5, 5.41) is 6.65. The highest BCUT2D eigenvalue weighted by atomic mass is 35.5. The van der Waals surface area contributed by atoms with Crippen LogP contribution in [0.2, 0.25) is 10.0 Å². The van der Waals surface area contributed by atoms with Crippen LogP contribution in [0.5, 0.6) is 0 Å². The highest BCUT2D eigenvalue weighted by Crippen LogP contribution is 2.26. The number of rotatable bonds is 14. The molecule has 3 aromatic rings. The second kappa shape index (κ2) is 15.8. The van der Waals surface area contributed by atoms with E-state index in [0.717, 1.165) is 17.5 Å². The number of nitrogens with one attached hydrogen (secondary N) is 2. The monoisotopic (exact) mass is 622 g/mol. The predicted molar refractivity (Wildman–Crippen MR) is 169 cm³/mol. The summed E-state index contributed by atoms with van der Waals surface area (Å²) in [6.45, 7) is 0.662. The van der Waals surface area contributed by atoms with Crippen LogP contribution in [0.25, 0.3) is 0 Å². The summed E-state index contributed by atoms with van der Waals surface area (Å²) in [6, 6.07) is 20.0. The Bertz CT molecular complexity index is 1450. The van der Waals surface area contributed by atoms with Crippen molar-refractivity contribution in [2.45, 2.75) is 57.2 Å². The van der Waals surface area contributed by atoms with Gasteiger partial charge >= 0.3 is 0 Å². The molecule has 1 heterocycles. The first-order chi connectivity index (χ1) is 20.8. The lowest BCUT2D eigenvalue weighted by molar-refractivity contribution is -0.140. The second-order valence-corrected chi connectivity index (χ2v) is 11.4. The van der Waals surface area contributed by atoms with Gasteiger partial charge in [-0.25, -0.2) is 0 Å². The van der Waals surface area contributed by atoms with Gasteiger partial charge in [0.2, 0.25) is 11.8 Å². The van der Waals surface area contributed by atoms with Crippen LogP contribution >= 0.6 is 23.2 Å². The molecule has 2 amide bonds. The fraction of sp³-hybridized carbons (Fsp3) is 0.333. The SMILES string of the molecule is NCCCC[C@H](NCC(=O)[C@@H]1Cc2ccccc2CN1C(=O)CCC(=O)c1ccccc1)C(=O)Nc1ccc(Cl)c(Cl)c1. The number of benzene rings is 3. The molecule has 4 rings (SSSR count). The first-order valence-corrected chi connectivity index (χ1v) is 15.2. The number of Topliss-reactive ketones (excluding diaryl/α,β-unsaturated/α-hetero) is 2. The van der Waals surface area contributed by atoms with E-state index in [4.69, 9.17) is 28.9 Å². The van der Waals surface area contributed by atoms with E-state index in [-0.39, 0.29) is 49.3 Å². The van der Waals surface area contributed by atoms with Crippen molar-refractivity contribution < 1.29 is 19.2 Å². The summed E-state index contributed by atoms with van der Waals surface area (Å²) in [5.41, 5.74) is 8.68. The van der Waals surface area contributed by atoms with Gasteiger partial charge in [0.1, 0.15) is 0 Å². The van der Waals surface area contributed by atoms with E-state index in [0.29, 0.717) is 47.1 Å². The minimum atomic E-state index is -0.718. The van der Waals surface area contributed by atoms with E-state index in [1.165, 1.54) is 0 Å². The van der Waals surface area contributed by atoms with E-state index in [1.807, 2.05) is 30.3 Å². The van der Waals surface area contributed by atoms with E-state index in [9.17, 15) is 19.2 Å². The molecule has 1 aliphatic rings. The minimum absolute atomic E-state index is 0.000868. The number of fused-ring (bicyclic) bond motifs is 1. The summed E-state index contributed by atoms with van der Waals surface area (Å²) in [7, 11) is 0. The van der Waals surface area contributed by atoms with Crippen LogP contribution in [0.1, 0.15) is 53.6 Å². The molecule has 0 fully saturated rings. The summed E-state index contributed by atoms with van der Waals surface area (Å²) >= 11 is 12.1. The van der Waals surface area contributed by atoms with Crippen LogP contribution < -0.4 is 16.4 Å². The Kier molecular flexibility index (Phi) is 11.9. The van der Waals surface area contributed by atoms with Gasteiger partial charge in [-0.05, 0) is 48.7 Å². The first kappa shape index (κ1) is 32.4. The smallest absolute Gasteiger partial charge is 0.241 e. The molecule has 226 valence electrons. The van der Waals surface area contributed by atoms with Crippen LogP contribution in [-0.2, 0) is 27.3 Å². The van der Waals surface area contributed by atoms with Gasteiger partial charge in [0.25, 0.3) is 0 Å². The van der Waals surface area contributed by atoms with Crippen molar-refractivity contribution in [2.24, 2.45) is 5.73 Å². The van der Waals surface area contributed by atoms with E-state index in [1.54, 1.807) is 47.4 Å². The Morgan fingerprint density at radius 3 is 2.33 bits per heavy atom. The molecule has 0 aliphatic carbocycles. The van der Waals surface area contributed by atoms with Crippen molar-refractivity contribution >= 4 is 52.3 Å². The van der Waals surface area contributed by atoms with Gasteiger partial charge in [-0.15, -0.1) is 0 Å². The number of anilines is 1. The van der Waals surface area contributed by atoms with Gasteiger partial charge in [0, 0.05) is 37.1 Å². The van der Waals surface area contributed by atoms with E-state index < -0.39 is 12.1 Å². The summed E-state index contributed by atoms with van der Waals surface area (Å²) in [4.78, 5) is 54.5. The van der Waals surface area contributed by atoms with E-state index >= 15 is 0 Å². The average molecular weight is 624 g/mol. The van der Waals surface area contributed by atoms with Crippen molar-refractivity contribution in [3.8, 4) is 0 Å². The normalized spacial score (nSPS) is 15.0. The number of carbonyl (C=O) groups excluding carboxylic acids is 4. The maximum absolute atomic E-state index is 13.7. The lowest BCUT2D eigenvalue weighted by Gasteiger charge is -2.36. The van der Waals surface area contributed by atoms with Crippen molar-refractivity contribution in [3.05, 3.63) is 99.5 Å². The molecule has 0 bridgehead atoms. The van der Waals surface area contributed by atoms with Crippen LogP contribution in [-0.4, -0.2) is 53.5 Å². The number of hydrogen-bond donors (Lipinski definition) is 3. The van der Waals surface area contributed by atoms with Crippen molar-refractivity contribution in [2.75, 3.05) is 18.4 Å². The van der Waals surface area contributed by atoms with Crippen molar-refractivity contribution in [3.63, 3.8) is 0 Å². The third-order valence-corrected chi connectivity index (χ3v) is 8.31. The summed E-state index contributed by atoms with van der Waals surface area (Å²) in [5.74, 6) is -0.897. The molecular weight excluding hydrogens is 587 g/mol. The topological polar surface area (TPSA) is 122 Å². The molecule has 0 radical (unpaired) electrons. The maximum Gasteiger partial charge on any atom is 0.241 e. The first-order valence-electron chi connectivity index (χ1n) is 14.4. The molecule has 3 aromatic carbocycles. The Morgan fingerprint density at radius 1 is 0.884 bits per heavy atom. The number of hydrogen-bond acceptors (Lipinski definition) is 6. The van der Waals surface area contributed by atoms with Gasteiger partial charge in [-0.1, -0.05) is 84.2 Å². The molecule has 2 atom stereocenters. The zero-order valence-corrected chi connectivity index (χ0v) is 25.4. The molecule has 8 nitrogen and oxygen atoms in total. The van der Waals surface area contributed by atoms with Crippen LogP contribution in [0.3, 0.4) is 0 Å². The molecular formula is C33H36Cl2N4O4. The quantitative estimate of drug-likeness (QED) is 0.168. The van der Waals surface area contributed by atoms with Crippen LogP contribution in [0.15, 0.2) is 72.8 Å². The summed E-state index contributed by atoms with van der Waals surface area (Å²) in [6.07, 6.45) is 2.31. The fourth-order valence-electron chi connectivity index (χ4n) is 5.17. The van der Waals surface area contributed by atoms with Crippen molar-refractivity contribution in [1.82, 2.24) is 10.2 Å². The van der Waals surface area contributed by atoms with Gasteiger partial charge < -0.3 is 16.0 Å². The molecule has 0 aromatic heterocycles. The van der Waals surface area contributed by atoms with Gasteiger partial charge in [-0.2, -0.15) is 0 Å². The molecule has 0 spiro atoms. The average Bonchev–Trinajstić information content (AvgIpc) is 3.02. The fourth-order valence-corrected chi connectivity index (χ4v) is 5.47. The molecule has 1 aliphatic heterocycles. The number of carbonyl (C=O) groups is 4. The Morgan fingerprint density at radius 2 is 1.60 bits per heavy atom. The number of halogens is 2. The zero-order chi connectivity index (χ0) is 30.8. The number of nitrogens with zero attached hydrogens (tertiary/aromatic N) is 1. The molecule has 10 heteroatoms. The minimum Gasteiger partial charge on any atom is -0.330 e. The number of amides is 2. The number of ketones is 2. The maximum atomic E-state index is 13.7. The second-order valence-electron chi connectivity index (χ2n) is 10.6. The van der Waals surface area contributed by atoms with Crippen LogP contribution in [0.4, 0.5) is 5.69 Å². The molecule has 4 N–H and O–H groups in total. The van der Waals surface area contributed by atoms with Gasteiger partial charge in [-0.3, -0.25) is 24.5 Å². The summed E-state index contributed by atoms with van der Waals surface area (Å²) < 4.78 is 0. The lowest BCUT2D eigenvalue weighted by Crippen LogP contribution is -2.52. The van der Waals surface area contributed by atoms with Crippen LogP contribution in [0, 0.1) is 0 Å². The third-order valence-electron chi connectivity index (χ3n) is 7.58. The van der Waals surface area contributed by atoms with Gasteiger partial charge in [0.05, 0.1) is 28.7 Å². The largest absolute Gasteiger partial charge is 0.330 e. The third kappa shape index (κ3) is 8.97. The predicted octanol–water partition coefficient (Wildman–Crippen LogP) is 5.20. The molecule has 0 saturated heterocycles. The number of nitrogens with two attached hydrogens (primary N) is 1.